The maximum Gasteiger partial charge on any atom is 0.405 e. The third-order valence-corrected chi connectivity index (χ3v) is 12.8. The highest BCUT2D eigenvalue weighted by atomic mass is 28.4. The number of nitrogens with one attached hydrogen (secondary N) is 2. The lowest BCUT2D eigenvalue weighted by Crippen LogP contribution is -2.59. The van der Waals surface area contributed by atoms with E-state index in [4.69, 9.17) is 10.8 Å². The number of hydrogen-bond donors (Lipinski definition) is 4. The van der Waals surface area contributed by atoms with Crippen molar-refractivity contribution in [3.8, 4) is 12.3 Å². The van der Waals surface area contributed by atoms with Gasteiger partial charge in [-0.2, -0.15) is 0 Å². The first-order valence-corrected chi connectivity index (χ1v) is 16.7. The highest BCUT2D eigenvalue weighted by molar-refractivity contribution is 6.74. The number of aliphatic hydroxyl groups excluding tert-OH is 1. The molecular weight excluding hydrogens is 526 g/mol. The summed E-state index contributed by atoms with van der Waals surface area (Å²) in [5.41, 5.74) is 0.713. The van der Waals surface area contributed by atoms with Crippen molar-refractivity contribution in [2.45, 2.75) is 110 Å². The van der Waals surface area contributed by atoms with Gasteiger partial charge in [-0.3, -0.25) is 9.59 Å². The third kappa shape index (κ3) is 8.32. The Bertz CT molecular complexity index is 1110. The normalized spacial score (nSPS) is 20.3. The van der Waals surface area contributed by atoms with Crippen LogP contribution in [0, 0.1) is 17.8 Å². The molecule has 2 rings (SSSR count). The average Bonchev–Trinajstić information content (AvgIpc) is 3.22. The number of benzene rings is 1. The van der Waals surface area contributed by atoms with Crippen LogP contribution in [0.5, 0.6) is 0 Å². The zero-order valence-corrected chi connectivity index (χ0v) is 26.4. The zero-order valence-electron chi connectivity index (χ0n) is 25.4. The van der Waals surface area contributed by atoms with E-state index in [1.54, 1.807) is 12.1 Å². The van der Waals surface area contributed by atoms with E-state index in [0.717, 1.165) is 11.1 Å². The Hall–Kier alpha value is -2.87. The van der Waals surface area contributed by atoms with Crippen molar-refractivity contribution >= 4 is 26.2 Å². The maximum absolute atomic E-state index is 13.9. The fraction of sp³-hybridized carbons (Fsp3) is 0.633. The van der Waals surface area contributed by atoms with E-state index in [0.29, 0.717) is 6.42 Å². The van der Waals surface area contributed by atoms with Crippen molar-refractivity contribution in [3.63, 3.8) is 0 Å². The standard InChI is InChI=1S/C30H47N3O6Si/c1-11-21-12-14-22(15-13-21)20(3)31-26(35)24-16-23(34)18-33(24)27(36)25(32-28(37)38)30(7,8)17-19(2)39-40(9,10)29(4,5)6/h1,12-15,19-20,23-25,32,34H,16-18H2,2-10H3,(H,31,35)(H,37,38)/t19?,20-,23+,24-,25+/m0/s1. The van der Waals surface area contributed by atoms with Crippen LogP contribution < -0.4 is 10.6 Å². The van der Waals surface area contributed by atoms with Crippen molar-refractivity contribution < 1.29 is 29.0 Å². The molecule has 0 aliphatic carbocycles. The molecule has 1 aliphatic heterocycles. The maximum atomic E-state index is 13.9. The summed E-state index contributed by atoms with van der Waals surface area (Å²) in [6.45, 7) is 18.1. The van der Waals surface area contributed by atoms with Gasteiger partial charge in [0.15, 0.2) is 8.32 Å². The predicted molar refractivity (Wildman–Crippen MR) is 158 cm³/mol. The van der Waals surface area contributed by atoms with Crippen LogP contribution in [-0.2, 0) is 14.0 Å². The molecule has 0 aromatic heterocycles. The number of carbonyl (C=O) groups is 3. The van der Waals surface area contributed by atoms with E-state index in [-0.39, 0.29) is 30.1 Å². The Labute approximate surface area is 240 Å². The number of hydrogen-bond acceptors (Lipinski definition) is 5. The van der Waals surface area contributed by atoms with Gasteiger partial charge in [-0.25, -0.2) is 4.79 Å². The van der Waals surface area contributed by atoms with Crippen LogP contribution in [0.25, 0.3) is 0 Å². The first-order chi connectivity index (χ1) is 18.3. The number of amides is 3. The van der Waals surface area contributed by atoms with E-state index in [1.165, 1.54) is 4.90 Å². The van der Waals surface area contributed by atoms with Crippen LogP contribution in [0.15, 0.2) is 24.3 Å². The second-order valence-corrected chi connectivity index (χ2v) is 17.9. The molecule has 0 saturated carbocycles. The fourth-order valence-corrected chi connectivity index (χ4v) is 6.47. The lowest BCUT2D eigenvalue weighted by Gasteiger charge is -2.42. The molecule has 40 heavy (non-hydrogen) atoms. The number of carboxylic acid groups (broad SMARTS) is 1. The van der Waals surface area contributed by atoms with Crippen molar-refractivity contribution in [3.05, 3.63) is 35.4 Å². The largest absolute Gasteiger partial charge is 0.465 e. The van der Waals surface area contributed by atoms with Gasteiger partial charge in [0, 0.05) is 24.6 Å². The smallest absolute Gasteiger partial charge is 0.405 e. The summed E-state index contributed by atoms with van der Waals surface area (Å²) in [5.74, 6) is 1.59. The third-order valence-electron chi connectivity index (χ3n) is 8.21. The van der Waals surface area contributed by atoms with Gasteiger partial charge in [0.2, 0.25) is 11.8 Å². The first kappa shape index (κ1) is 33.3. The summed E-state index contributed by atoms with van der Waals surface area (Å²) in [5, 5.41) is 25.4. The van der Waals surface area contributed by atoms with Gasteiger partial charge >= 0.3 is 6.09 Å². The Morgan fingerprint density at radius 2 is 1.70 bits per heavy atom. The minimum atomic E-state index is -2.10. The Morgan fingerprint density at radius 1 is 1.12 bits per heavy atom. The highest BCUT2D eigenvalue weighted by Crippen LogP contribution is 2.39. The topological polar surface area (TPSA) is 128 Å². The van der Waals surface area contributed by atoms with E-state index in [1.807, 2.05) is 39.8 Å². The van der Waals surface area contributed by atoms with Crippen LogP contribution in [0.3, 0.4) is 0 Å². The molecule has 1 saturated heterocycles. The van der Waals surface area contributed by atoms with Crippen molar-refractivity contribution in [2.24, 2.45) is 5.41 Å². The van der Waals surface area contributed by atoms with Gasteiger partial charge in [-0.15, -0.1) is 6.42 Å². The van der Waals surface area contributed by atoms with Crippen LogP contribution in [0.4, 0.5) is 4.79 Å². The van der Waals surface area contributed by atoms with Gasteiger partial charge in [0.05, 0.1) is 12.1 Å². The predicted octanol–water partition coefficient (Wildman–Crippen LogP) is 4.27. The number of likely N-dealkylation sites (tertiary alicyclic amines) is 1. The van der Waals surface area contributed by atoms with E-state index in [9.17, 15) is 24.6 Å². The monoisotopic (exact) mass is 573 g/mol. The fourth-order valence-electron chi connectivity index (χ4n) is 5.03. The molecule has 9 nitrogen and oxygen atoms in total. The summed E-state index contributed by atoms with van der Waals surface area (Å²) >= 11 is 0. The first-order valence-electron chi connectivity index (χ1n) is 13.8. The molecule has 0 radical (unpaired) electrons. The van der Waals surface area contributed by atoms with Gasteiger partial charge in [0.1, 0.15) is 12.1 Å². The minimum absolute atomic E-state index is 0.00725. The molecule has 10 heteroatoms. The van der Waals surface area contributed by atoms with Crippen molar-refractivity contribution in [2.75, 3.05) is 6.54 Å². The summed E-state index contributed by atoms with van der Waals surface area (Å²) in [7, 11) is -2.10. The second-order valence-electron chi connectivity index (χ2n) is 13.2. The molecule has 1 aromatic rings. The van der Waals surface area contributed by atoms with E-state index < -0.39 is 49.8 Å². The molecule has 3 amide bonds. The van der Waals surface area contributed by atoms with Gasteiger partial charge in [0.25, 0.3) is 0 Å². The quantitative estimate of drug-likeness (QED) is 0.245. The van der Waals surface area contributed by atoms with Crippen LogP contribution >= 0.6 is 0 Å². The van der Waals surface area contributed by atoms with Crippen LogP contribution in [0.1, 0.15) is 78.5 Å². The summed E-state index contributed by atoms with van der Waals surface area (Å²) in [4.78, 5) is 40.3. The molecule has 1 unspecified atom stereocenters. The number of rotatable bonds is 10. The summed E-state index contributed by atoms with van der Waals surface area (Å²) in [6.07, 6.45) is 3.42. The Morgan fingerprint density at radius 3 is 2.20 bits per heavy atom. The Balaban J connectivity index is 2.24. The van der Waals surface area contributed by atoms with Gasteiger partial charge in [-0.05, 0) is 61.5 Å². The molecule has 0 bridgehead atoms. The number of β-amino-alcohol motifs (C(OH)–C–C–N with tert-alkyl or cyclic N) is 1. The molecule has 1 heterocycles. The molecule has 4 N–H and O–H groups in total. The second kappa shape index (κ2) is 12.8. The summed E-state index contributed by atoms with van der Waals surface area (Å²) < 4.78 is 6.50. The molecular formula is C30H47N3O6Si. The van der Waals surface area contributed by atoms with E-state index in [2.05, 4.69) is 50.4 Å². The number of terminal acetylenes is 1. The lowest BCUT2D eigenvalue weighted by molar-refractivity contribution is -0.142. The zero-order chi connectivity index (χ0) is 30.6. The lowest BCUT2D eigenvalue weighted by atomic mass is 9.78. The molecule has 5 atom stereocenters. The average molecular weight is 574 g/mol. The summed E-state index contributed by atoms with van der Waals surface area (Å²) in [6, 6.07) is 4.77. The number of aliphatic hydroxyl groups is 1. The minimum Gasteiger partial charge on any atom is -0.465 e. The van der Waals surface area contributed by atoms with Crippen molar-refractivity contribution in [1.29, 1.82) is 0 Å². The SMILES string of the molecule is C#Cc1ccc([C@H](C)NC(=O)[C@@H]2C[C@@H](O)CN2C(=O)[C@@H](NC(=O)O)C(C)(C)CC(C)O[Si](C)(C)C(C)(C)C)cc1. The molecule has 222 valence electrons. The number of nitrogens with zero attached hydrogens (tertiary/aromatic N) is 1. The molecule has 1 aromatic carbocycles. The van der Waals surface area contributed by atoms with Gasteiger partial charge in [-0.1, -0.05) is 52.7 Å². The van der Waals surface area contributed by atoms with Gasteiger partial charge < -0.3 is 30.2 Å². The molecule has 1 aliphatic rings. The molecule has 1 fully saturated rings. The number of carbonyl (C=O) groups excluding carboxylic acids is 2. The van der Waals surface area contributed by atoms with E-state index >= 15 is 0 Å². The molecule has 0 spiro atoms. The van der Waals surface area contributed by atoms with Crippen molar-refractivity contribution in [1.82, 2.24) is 15.5 Å². The van der Waals surface area contributed by atoms with Crippen LogP contribution in [-0.4, -0.2) is 72.2 Å². The highest BCUT2D eigenvalue weighted by Gasteiger charge is 2.47. The van der Waals surface area contributed by atoms with Crippen LogP contribution in [0.2, 0.25) is 18.1 Å². The Kier molecular flexibility index (Phi) is 10.6.